The van der Waals surface area contributed by atoms with Crippen molar-refractivity contribution in [2.45, 2.75) is 18.4 Å². The number of hydrogen-bond donors (Lipinski definition) is 1. The second kappa shape index (κ2) is 5.01. The standard InChI is InChI=1S/C15H12FN5O2/c16-10-3-1-9(2-4-10)11-7-12(11)18-13-5-6-14-17-8-15(21(22)23)20(14)19-13/h1-6,8,11-12H,7H2,(H,18,19)/t11-,12+/m0/s1. The van der Waals surface area contributed by atoms with E-state index in [0.717, 1.165) is 12.0 Å². The summed E-state index contributed by atoms with van der Waals surface area (Å²) in [5, 5.41) is 18.4. The first-order valence-corrected chi connectivity index (χ1v) is 7.13. The average molecular weight is 313 g/mol. The van der Waals surface area contributed by atoms with Crippen LogP contribution < -0.4 is 5.32 Å². The van der Waals surface area contributed by atoms with Crippen LogP contribution in [0.2, 0.25) is 0 Å². The highest BCUT2D eigenvalue weighted by Gasteiger charge is 2.38. The zero-order valence-corrected chi connectivity index (χ0v) is 11.9. The first-order chi connectivity index (χ1) is 11.1. The van der Waals surface area contributed by atoms with Crippen LogP contribution in [0.15, 0.2) is 42.6 Å². The van der Waals surface area contributed by atoms with Crippen molar-refractivity contribution in [2.75, 3.05) is 5.32 Å². The van der Waals surface area contributed by atoms with E-state index in [0.29, 0.717) is 17.4 Å². The molecule has 0 radical (unpaired) electrons. The van der Waals surface area contributed by atoms with Crippen LogP contribution in [0.3, 0.4) is 0 Å². The minimum atomic E-state index is -0.519. The molecule has 1 aromatic carbocycles. The Kier molecular flexibility index (Phi) is 2.97. The van der Waals surface area contributed by atoms with Crippen LogP contribution in [0.1, 0.15) is 17.9 Å². The monoisotopic (exact) mass is 313 g/mol. The maximum Gasteiger partial charge on any atom is 0.368 e. The molecule has 1 saturated carbocycles. The van der Waals surface area contributed by atoms with Gasteiger partial charge in [0.05, 0.1) is 0 Å². The Bertz CT molecular complexity index is 893. The van der Waals surface area contributed by atoms with Crippen molar-refractivity contribution in [1.29, 1.82) is 0 Å². The molecule has 2 heterocycles. The van der Waals surface area contributed by atoms with Gasteiger partial charge in [0.1, 0.15) is 12.0 Å². The lowest BCUT2D eigenvalue weighted by atomic mass is 10.1. The van der Waals surface area contributed by atoms with Crippen LogP contribution >= 0.6 is 0 Å². The molecule has 1 N–H and O–H groups in total. The molecule has 1 fully saturated rings. The van der Waals surface area contributed by atoms with Crippen LogP contribution in [-0.2, 0) is 0 Å². The van der Waals surface area contributed by atoms with Crippen molar-refractivity contribution in [3.63, 3.8) is 0 Å². The molecule has 2 atom stereocenters. The third kappa shape index (κ3) is 2.48. The fourth-order valence-corrected chi connectivity index (χ4v) is 2.69. The fraction of sp³-hybridized carbons (Fsp3) is 0.200. The first-order valence-electron chi connectivity index (χ1n) is 7.13. The number of nitrogens with zero attached hydrogens (tertiary/aromatic N) is 4. The summed E-state index contributed by atoms with van der Waals surface area (Å²) in [6, 6.07) is 10.1. The molecule has 0 aliphatic heterocycles. The highest BCUT2D eigenvalue weighted by atomic mass is 19.1. The largest absolute Gasteiger partial charge is 0.368 e. The molecule has 1 aliphatic rings. The van der Waals surface area contributed by atoms with Gasteiger partial charge in [-0.1, -0.05) is 21.7 Å². The lowest BCUT2D eigenvalue weighted by Gasteiger charge is -2.04. The number of benzene rings is 1. The average Bonchev–Trinajstić information content (AvgIpc) is 3.15. The molecule has 0 saturated heterocycles. The third-order valence-electron chi connectivity index (χ3n) is 3.95. The SMILES string of the molecule is O=[N+]([O-])c1cnc2ccc(N[C@@H]3C[C@H]3c3ccc(F)cc3)nn12. The molecule has 0 unspecified atom stereocenters. The summed E-state index contributed by atoms with van der Waals surface area (Å²) >= 11 is 0. The predicted molar refractivity (Wildman–Crippen MR) is 80.8 cm³/mol. The van der Waals surface area contributed by atoms with Gasteiger partial charge in [-0.15, -0.1) is 0 Å². The van der Waals surface area contributed by atoms with E-state index >= 15 is 0 Å². The number of fused-ring (bicyclic) bond motifs is 1. The molecule has 4 rings (SSSR count). The van der Waals surface area contributed by atoms with E-state index in [9.17, 15) is 14.5 Å². The minimum Gasteiger partial charge on any atom is -0.364 e. The maximum atomic E-state index is 12.9. The number of imidazole rings is 1. The highest BCUT2D eigenvalue weighted by molar-refractivity contribution is 5.49. The van der Waals surface area contributed by atoms with Crippen molar-refractivity contribution in [2.24, 2.45) is 0 Å². The van der Waals surface area contributed by atoms with E-state index in [-0.39, 0.29) is 17.7 Å². The number of halogens is 1. The van der Waals surface area contributed by atoms with Crippen LogP contribution in [0, 0.1) is 15.9 Å². The Morgan fingerprint density at radius 3 is 2.78 bits per heavy atom. The zero-order valence-electron chi connectivity index (χ0n) is 11.9. The smallest absolute Gasteiger partial charge is 0.364 e. The summed E-state index contributed by atoms with van der Waals surface area (Å²) in [6.45, 7) is 0. The molecular weight excluding hydrogens is 301 g/mol. The summed E-state index contributed by atoms with van der Waals surface area (Å²) in [5.41, 5.74) is 1.49. The quantitative estimate of drug-likeness (QED) is 0.591. The number of hydrogen-bond acceptors (Lipinski definition) is 5. The number of nitro groups is 1. The zero-order chi connectivity index (χ0) is 16.0. The summed E-state index contributed by atoms with van der Waals surface area (Å²) in [4.78, 5) is 14.4. The number of anilines is 1. The van der Waals surface area contributed by atoms with Gasteiger partial charge in [-0.2, -0.15) is 0 Å². The van der Waals surface area contributed by atoms with Gasteiger partial charge in [-0.3, -0.25) is 0 Å². The summed E-state index contributed by atoms with van der Waals surface area (Å²) in [7, 11) is 0. The maximum absolute atomic E-state index is 12.9. The molecule has 8 heteroatoms. The van der Waals surface area contributed by atoms with Gasteiger partial charge in [0.25, 0.3) is 0 Å². The second-order valence-electron chi connectivity index (χ2n) is 5.51. The summed E-state index contributed by atoms with van der Waals surface area (Å²) < 4.78 is 14.2. The Morgan fingerprint density at radius 1 is 1.26 bits per heavy atom. The predicted octanol–water partition coefficient (Wildman–Crippen LogP) is 2.74. The molecular formula is C15H12FN5O2. The molecule has 1 aliphatic carbocycles. The van der Waals surface area contributed by atoms with Gasteiger partial charge in [0.15, 0.2) is 5.82 Å². The molecule has 0 bridgehead atoms. The second-order valence-corrected chi connectivity index (χ2v) is 5.51. The topological polar surface area (TPSA) is 85.4 Å². The highest BCUT2D eigenvalue weighted by Crippen LogP contribution is 2.42. The molecule has 0 spiro atoms. The number of rotatable bonds is 4. The third-order valence-corrected chi connectivity index (χ3v) is 3.95. The summed E-state index contributed by atoms with van der Waals surface area (Å²) in [5.74, 6) is 0.423. The molecule has 7 nitrogen and oxygen atoms in total. The Labute approximate surface area is 129 Å². The van der Waals surface area contributed by atoms with Crippen LogP contribution in [-0.4, -0.2) is 25.6 Å². The normalized spacial score (nSPS) is 19.7. The minimum absolute atomic E-state index is 0.172. The van der Waals surface area contributed by atoms with Gasteiger partial charge >= 0.3 is 5.82 Å². The van der Waals surface area contributed by atoms with Gasteiger partial charge in [-0.25, -0.2) is 9.37 Å². The van der Waals surface area contributed by atoms with Gasteiger partial charge in [0.2, 0.25) is 5.65 Å². The number of nitrogens with one attached hydrogen (secondary N) is 1. The van der Waals surface area contributed by atoms with Crippen molar-refractivity contribution < 1.29 is 9.31 Å². The van der Waals surface area contributed by atoms with Crippen molar-refractivity contribution >= 4 is 17.3 Å². The van der Waals surface area contributed by atoms with Crippen molar-refractivity contribution in [3.05, 3.63) is 64.1 Å². The molecule has 2 aromatic heterocycles. The molecule has 23 heavy (non-hydrogen) atoms. The van der Waals surface area contributed by atoms with Gasteiger partial charge in [0, 0.05) is 18.0 Å². The van der Waals surface area contributed by atoms with Crippen LogP contribution in [0.5, 0.6) is 0 Å². The van der Waals surface area contributed by atoms with Crippen molar-refractivity contribution in [3.8, 4) is 0 Å². The Hall–Kier alpha value is -3.03. The van der Waals surface area contributed by atoms with E-state index in [1.54, 1.807) is 24.3 Å². The fourth-order valence-electron chi connectivity index (χ4n) is 2.69. The Balaban J connectivity index is 1.53. The van der Waals surface area contributed by atoms with Gasteiger partial charge < -0.3 is 15.4 Å². The lowest BCUT2D eigenvalue weighted by Crippen LogP contribution is -2.08. The number of aromatic nitrogens is 3. The molecule has 3 aromatic rings. The Morgan fingerprint density at radius 2 is 2.04 bits per heavy atom. The summed E-state index contributed by atoms with van der Waals surface area (Å²) in [6.07, 6.45) is 2.10. The lowest BCUT2D eigenvalue weighted by molar-refractivity contribution is -0.391. The molecule has 0 amide bonds. The van der Waals surface area contributed by atoms with E-state index in [1.807, 2.05) is 0 Å². The first kappa shape index (κ1) is 13.6. The van der Waals surface area contributed by atoms with Gasteiger partial charge in [-0.05, 0) is 35.1 Å². The van der Waals surface area contributed by atoms with Crippen molar-refractivity contribution in [1.82, 2.24) is 14.6 Å². The van der Waals surface area contributed by atoms with Crippen LogP contribution in [0.4, 0.5) is 16.0 Å². The van der Waals surface area contributed by atoms with Crippen LogP contribution in [0.25, 0.3) is 5.65 Å². The van der Waals surface area contributed by atoms with E-state index in [2.05, 4.69) is 15.4 Å². The van der Waals surface area contributed by atoms with E-state index in [1.165, 1.54) is 22.8 Å². The van der Waals surface area contributed by atoms with E-state index in [4.69, 9.17) is 0 Å². The molecule has 116 valence electrons. The van der Waals surface area contributed by atoms with E-state index < -0.39 is 4.92 Å².